The first kappa shape index (κ1) is 13.1. The predicted molar refractivity (Wildman–Crippen MR) is 73.4 cm³/mol. The number of carboxylic acid groups (broad SMARTS) is 1. The molecule has 2 fully saturated rings. The minimum Gasteiger partial charge on any atom is -0.477 e. The Morgan fingerprint density at radius 2 is 2.20 bits per heavy atom. The summed E-state index contributed by atoms with van der Waals surface area (Å²) >= 11 is 0. The van der Waals surface area contributed by atoms with Crippen LogP contribution in [-0.2, 0) is 4.79 Å². The van der Waals surface area contributed by atoms with Crippen molar-refractivity contribution >= 4 is 17.6 Å². The number of nitrogens with one attached hydrogen (secondary N) is 1. The molecule has 0 aromatic carbocycles. The zero-order valence-corrected chi connectivity index (χ0v) is 11.2. The number of hydrogen-bond donors (Lipinski definition) is 2. The highest BCUT2D eigenvalue weighted by Gasteiger charge is 2.40. The summed E-state index contributed by atoms with van der Waals surface area (Å²) in [4.78, 5) is 26.6. The molecule has 0 saturated heterocycles. The zero-order chi connectivity index (χ0) is 14.1. The van der Waals surface area contributed by atoms with E-state index in [2.05, 4.69) is 10.3 Å². The Kier molecular flexibility index (Phi) is 3.42. The minimum atomic E-state index is -1.09. The summed E-state index contributed by atoms with van der Waals surface area (Å²) in [7, 11) is 0. The summed E-state index contributed by atoms with van der Waals surface area (Å²) in [6, 6.07) is 3.01. The summed E-state index contributed by atoms with van der Waals surface area (Å²) < 4.78 is 0. The maximum absolute atomic E-state index is 12.0. The first-order valence-electron chi connectivity index (χ1n) is 7.11. The SMILES string of the molecule is O=C(CC1CC2CCC1C2)Nc1ccnc(C(=O)O)c1. The van der Waals surface area contributed by atoms with Crippen LogP contribution in [0.25, 0.3) is 0 Å². The molecular formula is C15H18N2O3. The van der Waals surface area contributed by atoms with Crippen molar-refractivity contribution in [1.29, 1.82) is 0 Å². The van der Waals surface area contributed by atoms with Crippen molar-refractivity contribution in [3.63, 3.8) is 0 Å². The lowest BCUT2D eigenvalue weighted by atomic mass is 9.86. The Morgan fingerprint density at radius 3 is 2.85 bits per heavy atom. The van der Waals surface area contributed by atoms with E-state index in [0.29, 0.717) is 18.0 Å². The Labute approximate surface area is 117 Å². The van der Waals surface area contributed by atoms with Crippen LogP contribution in [0, 0.1) is 17.8 Å². The lowest BCUT2D eigenvalue weighted by Crippen LogP contribution is -2.20. The Hall–Kier alpha value is -1.91. The van der Waals surface area contributed by atoms with Gasteiger partial charge in [0.05, 0.1) is 0 Å². The van der Waals surface area contributed by atoms with Gasteiger partial charge in [-0.1, -0.05) is 6.42 Å². The number of pyridine rings is 1. The van der Waals surface area contributed by atoms with Gasteiger partial charge in [0.2, 0.25) is 5.91 Å². The molecule has 1 heterocycles. The number of carboxylic acids is 1. The van der Waals surface area contributed by atoms with Crippen molar-refractivity contribution in [1.82, 2.24) is 4.98 Å². The number of nitrogens with zero attached hydrogens (tertiary/aromatic N) is 1. The molecule has 5 nitrogen and oxygen atoms in total. The van der Waals surface area contributed by atoms with Gasteiger partial charge in [0.1, 0.15) is 5.69 Å². The largest absolute Gasteiger partial charge is 0.477 e. The minimum absolute atomic E-state index is 0.0231. The lowest BCUT2D eigenvalue weighted by molar-refractivity contribution is -0.117. The third kappa shape index (κ3) is 2.66. The standard InChI is InChI=1S/C15H18N2O3/c18-14(7-11-6-9-1-2-10(11)5-9)17-12-3-4-16-13(8-12)15(19)20/h3-4,8-11H,1-2,5-7H2,(H,19,20)(H,16,17,18). The van der Waals surface area contributed by atoms with E-state index < -0.39 is 5.97 Å². The number of carbonyl (C=O) groups is 2. The molecule has 3 unspecified atom stereocenters. The van der Waals surface area contributed by atoms with Crippen LogP contribution >= 0.6 is 0 Å². The molecule has 1 aromatic heterocycles. The van der Waals surface area contributed by atoms with Gasteiger partial charge in [-0.05, 0) is 49.1 Å². The van der Waals surface area contributed by atoms with Gasteiger partial charge in [-0.15, -0.1) is 0 Å². The molecule has 20 heavy (non-hydrogen) atoms. The third-order valence-electron chi connectivity index (χ3n) is 4.59. The molecule has 0 aliphatic heterocycles. The summed E-state index contributed by atoms with van der Waals surface area (Å²) in [5, 5.41) is 11.7. The highest BCUT2D eigenvalue weighted by atomic mass is 16.4. The van der Waals surface area contributed by atoms with E-state index in [1.807, 2.05) is 0 Å². The average Bonchev–Trinajstić information content (AvgIpc) is 3.01. The van der Waals surface area contributed by atoms with E-state index in [0.717, 1.165) is 11.8 Å². The Bertz CT molecular complexity index is 544. The van der Waals surface area contributed by atoms with Crippen molar-refractivity contribution < 1.29 is 14.7 Å². The first-order chi connectivity index (χ1) is 9.61. The summed E-state index contributed by atoms with van der Waals surface area (Å²) in [6.45, 7) is 0. The molecular weight excluding hydrogens is 256 g/mol. The average molecular weight is 274 g/mol. The summed E-state index contributed by atoms with van der Waals surface area (Å²) in [5.41, 5.74) is 0.452. The molecule has 5 heteroatoms. The first-order valence-corrected chi connectivity index (χ1v) is 7.11. The number of anilines is 1. The number of fused-ring (bicyclic) bond motifs is 2. The summed E-state index contributed by atoms with van der Waals surface area (Å²) in [5.74, 6) is 0.948. The van der Waals surface area contributed by atoms with Crippen molar-refractivity contribution in [2.45, 2.75) is 32.1 Å². The fraction of sp³-hybridized carbons (Fsp3) is 0.533. The van der Waals surface area contributed by atoms with Gasteiger partial charge < -0.3 is 10.4 Å². The smallest absolute Gasteiger partial charge is 0.354 e. The van der Waals surface area contributed by atoms with Crippen molar-refractivity contribution in [3.05, 3.63) is 24.0 Å². The fourth-order valence-electron chi connectivity index (χ4n) is 3.70. The quantitative estimate of drug-likeness (QED) is 0.884. The molecule has 0 spiro atoms. The second kappa shape index (κ2) is 5.23. The fourth-order valence-corrected chi connectivity index (χ4v) is 3.70. The summed E-state index contributed by atoms with van der Waals surface area (Å²) in [6.07, 6.45) is 7.00. The van der Waals surface area contributed by atoms with E-state index >= 15 is 0 Å². The molecule has 2 bridgehead atoms. The van der Waals surface area contributed by atoms with Crippen LogP contribution < -0.4 is 5.32 Å². The molecule has 2 aliphatic rings. The van der Waals surface area contributed by atoms with Crippen LogP contribution in [0.5, 0.6) is 0 Å². The monoisotopic (exact) mass is 274 g/mol. The molecule has 0 radical (unpaired) electrons. The molecule has 2 aliphatic carbocycles. The van der Waals surface area contributed by atoms with Gasteiger partial charge >= 0.3 is 5.97 Å². The van der Waals surface area contributed by atoms with Gasteiger partial charge in [0.15, 0.2) is 0 Å². The number of carbonyl (C=O) groups excluding carboxylic acids is 1. The van der Waals surface area contributed by atoms with Crippen molar-refractivity contribution in [3.8, 4) is 0 Å². The third-order valence-corrected chi connectivity index (χ3v) is 4.59. The lowest BCUT2D eigenvalue weighted by Gasteiger charge is -2.20. The molecule has 3 rings (SSSR count). The molecule has 3 atom stereocenters. The van der Waals surface area contributed by atoms with Gasteiger partial charge in [-0.3, -0.25) is 4.79 Å². The van der Waals surface area contributed by atoms with E-state index in [1.54, 1.807) is 6.07 Å². The van der Waals surface area contributed by atoms with Gasteiger partial charge in [-0.2, -0.15) is 0 Å². The van der Waals surface area contributed by atoms with Crippen molar-refractivity contribution in [2.75, 3.05) is 5.32 Å². The molecule has 106 valence electrons. The molecule has 1 aromatic rings. The van der Waals surface area contributed by atoms with Crippen LogP contribution in [0.1, 0.15) is 42.6 Å². The predicted octanol–water partition coefficient (Wildman–Crippen LogP) is 2.54. The second-order valence-corrected chi connectivity index (χ2v) is 5.92. The Balaban J connectivity index is 1.59. The normalized spacial score (nSPS) is 27.5. The highest BCUT2D eigenvalue weighted by Crippen LogP contribution is 2.49. The van der Waals surface area contributed by atoms with Crippen molar-refractivity contribution in [2.24, 2.45) is 17.8 Å². The van der Waals surface area contributed by atoms with Gasteiger partial charge in [0, 0.05) is 18.3 Å². The molecule has 2 N–H and O–H groups in total. The second-order valence-electron chi connectivity index (χ2n) is 5.92. The van der Waals surface area contributed by atoms with Crippen LogP contribution in [0.4, 0.5) is 5.69 Å². The van der Waals surface area contributed by atoms with E-state index in [4.69, 9.17) is 5.11 Å². The van der Waals surface area contributed by atoms with Gasteiger partial charge in [0.25, 0.3) is 0 Å². The van der Waals surface area contributed by atoms with Gasteiger partial charge in [-0.25, -0.2) is 9.78 Å². The highest BCUT2D eigenvalue weighted by molar-refractivity contribution is 5.93. The Morgan fingerprint density at radius 1 is 1.35 bits per heavy atom. The number of aromatic carboxylic acids is 1. The van der Waals surface area contributed by atoms with E-state index in [-0.39, 0.29) is 11.6 Å². The number of rotatable bonds is 4. The number of hydrogen-bond acceptors (Lipinski definition) is 3. The van der Waals surface area contributed by atoms with Crippen LogP contribution in [0.2, 0.25) is 0 Å². The maximum Gasteiger partial charge on any atom is 0.354 e. The number of aromatic nitrogens is 1. The zero-order valence-electron chi connectivity index (χ0n) is 11.2. The van der Waals surface area contributed by atoms with Crippen LogP contribution in [0.3, 0.4) is 0 Å². The topological polar surface area (TPSA) is 79.3 Å². The molecule has 1 amide bonds. The van der Waals surface area contributed by atoms with E-state index in [1.165, 1.54) is 37.9 Å². The maximum atomic E-state index is 12.0. The van der Waals surface area contributed by atoms with Crippen LogP contribution in [0.15, 0.2) is 18.3 Å². The molecule has 2 saturated carbocycles. The van der Waals surface area contributed by atoms with E-state index in [9.17, 15) is 9.59 Å². The van der Waals surface area contributed by atoms with Crippen LogP contribution in [-0.4, -0.2) is 22.0 Å². The number of amides is 1.